The molecule has 62 heavy (non-hydrogen) atoms. The minimum Gasteiger partial charge on any atom is -0.461 e. The molecule has 1 aromatic carbocycles. The molecule has 0 radical (unpaired) electrons. The second kappa shape index (κ2) is 16.1. The smallest absolute Gasteiger partial charge is 0.338 e. The lowest BCUT2D eigenvalue weighted by atomic mass is 9.43. The van der Waals surface area contributed by atoms with Crippen molar-refractivity contribution in [3.8, 4) is 0 Å². The van der Waals surface area contributed by atoms with Gasteiger partial charge in [0, 0.05) is 11.8 Å². The van der Waals surface area contributed by atoms with E-state index in [1.165, 1.54) is 11.1 Å². The lowest BCUT2D eigenvalue weighted by Crippen LogP contribution is -2.64. The second-order valence-electron chi connectivity index (χ2n) is 22.9. The molecule has 0 spiro atoms. The summed E-state index contributed by atoms with van der Waals surface area (Å²) in [6, 6.07) is 6.44. The molecule has 342 valence electrons. The van der Waals surface area contributed by atoms with Crippen LogP contribution in [-0.4, -0.2) is 92.4 Å². The Hall–Kier alpha value is -2.60. The molecule has 0 amide bonds. The molecule has 9 rings (SSSR count). The van der Waals surface area contributed by atoms with E-state index in [1.54, 1.807) is 24.3 Å². The summed E-state index contributed by atoms with van der Waals surface area (Å²) in [7, 11) is 0. The number of hydrogen-bond donors (Lipinski definition) is 6. The van der Waals surface area contributed by atoms with Gasteiger partial charge in [0.2, 0.25) is 0 Å². The Morgan fingerprint density at radius 3 is 1.29 bits per heavy atom. The molecule has 0 bridgehead atoms. The minimum absolute atomic E-state index is 0.0224. The summed E-state index contributed by atoms with van der Waals surface area (Å²) in [4.78, 5) is 26.6. The van der Waals surface area contributed by atoms with Crippen LogP contribution in [0, 0.1) is 80.8 Å². The van der Waals surface area contributed by atoms with Crippen molar-refractivity contribution in [2.45, 2.75) is 155 Å². The van der Waals surface area contributed by atoms with Crippen LogP contribution in [0.5, 0.6) is 0 Å². The Kier molecular flexibility index (Phi) is 11.6. The van der Waals surface area contributed by atoms with Crippen molar-refractivity contribution in [1.82, 2.24) is 0 Å². The van der Waals surface area contributed by atoms with Crippen LogP contribution in [0.3, 0.4) is 0 Å². The van der Waals surface area contributed by atoms with Crippen LogP contribution >= 0.6 is 0 Å². The van der Waals surface area contributed by atoms with Crippen molar-refractivity contribution in [3.63, 3.8) is 0 Å². The number of aliphatic hydroxyl groups excluding tert-OH is 6. The molecule has 10 nitrogen and oxygen atoms in total. The van der Waals surface area contributed by atoms with E-state index in [1.807, 2.05) is 0 Å². The van der Waals surface area contributed by atoms with Gasteiger partial charge < -0.3 is 40.1 Å². The lowest BCUT2D eigenvalue weighted by Gasteiger charge is -2.63. The summed E-state index contributed by atoms with van der Waals surface area (Å²) >= 11 is 0. The summed E-state index contributed by atoms with van der Waals surface area (Å²) in [5, 5.41) is 66.9. The van der Waals surface area contributed by atoms with E-state index < -0.39 is 48.6 Å². The van der Waals surface area contributed by atoms with Crippen molar-refractivity contribution in [2.24, 2.45) is 80.8 Å². The van der Waals surface area contributed by atoms with Crippen LogP contribution in [0.4, 0.5) is 0 Å². The third-order valence-corrected chi connectivity index (χ3v) is 20.1. The number of hydrogen-bond acceptors (Lipinski definition) is 10. The monoisotopic (exact) mass is 859 g/mol. The molecule has 0 unspecified atom stereocenters. The third-order valence-electron chi connectivity index (χ3n) is 20.1. The van der Waals surface area contributed by atoms with Gasteiger partial charge in [-0.05, 0) is 170 Å². The van der Waals surface area contributed by atoms with E-state index >= 15 is 0 Å². The second-order valence-corrected chi connectivity index (χ2v) is 22.9. The van der Waals surface area contributed by atoms with Crippen LogP contribution in [0.2, 0.25) is 0 Å². The molecule has 1 aromatic rings. The summed E-state index contributed by atoms with van der Waals surface area (Å²) in [6.07, 6.45) is 10.3. The number of ether oxygens (including phenoxy) is 2. The minimum atomic E-state index is -0.842. The van der Waals surface area contributed by atoms with Crippen LogP contribution in [0.25, 0.3) is 0 Å². The van der Waals surface area contributed by atoms with E-state index in [-0.39, 0.29) is 82.2 Å². The van der Waals surface area contributed by atoms with Gasteiger partial charge in [0.05, 0.1) is 61.0 Å². The molecule has 6 saturated carbocycles. The van der Waals surface area contributed by atoms with Crippen molar-refractivity contribution in [2.75, 3.05) is 13.2 Å². The topological polar surface area (TPSA) is 174 Å². The number of rotatable bonds is 8. The summed E-state index contributed by atoms with van der Waals surface area (Å²) in [5.41, 5.74) is 2.70. The van der Waals surface area contributed by atoms with Crippen LogP contribution in [0.1, 0.15) is 139 Å². The lowest BCUT2D eigenvalue weighted by molar-refractivity contribution is -0.218. The van der Waals surface area contributed by atoms with Gasteiger partial charge in [0.25, 0.3) is 0 Å². The molecule has 20 atom stereocenters. The van der Waals surface area contributed by atoms with Gasteiger partial charge in [-0.25, -0.2) is 9.59 Å². The molecule has 0 aromatic heterocycles. The normalized spacial score (nSPS) is 47.8. The fourth-order valence-corrected chi connectivity index (χ4v) is 16.7. The number of carbonyl (C=O) groups is 2. The Balaban J connectivity index is 0.774. The SMILES string of the molecule is C[C@H](COC(=O)c1ccc(C(=O)OC[C@@H](C)C2=CC[C@H]3[C@@H]4[C@@H](O)[C@H](O)[C@H]5C[C@@H](O)CC[C@]5(C)[C@H]4CC[C@]23C)cc1)C1=CC[C@H]2[C@@H]3[C@@H](O)[C@H](O)[C@H]4C[C@@H](O)CC[C@]4(C)[C@H]3CC[C@]12C. The summed E-state index contributed by atoms with van der Waals surface area (Å²) < 4.78 is 11.8. The highest BCUT2D eigenvalue weighted by Crippen LogP contribution is 2.69. The summed E-state index contributed by atoms with van der Waals surface area (Å²) in [5.74, 6) is -0.212. The standard InChI is InChI=1S/C52H74O10/c1-27(33-11-13-35-41-37(17-21-49(33,35)3)51(5)19-15-31(53)23-39(51)43(55)45(41)57)25-61-47(59)29-7-9-30(10-8-29)48(60)62-26-28(2)34-12-14-36-42-38(18-22-50(34,36)4)52(6)20-16-32(54)24-40(52)44(56)46(42)58/h7-12,27-28,31-32,35-46,53-58H,13-26H2,1-6H3/t27-,28-,31+,32+,35+,36+,37+,38+,39-,40-,41+,42+,43-,44-,45-,46-,49-,50-,51-,52-/m1/s1. The predicted octanol–water partition coefficient (Wildman–Crippen LogP) is 7.04. The largest absolute Gasteiger partial charge is 0.461 e. The highest BCUT2D eigenvalue weighted by molar-refractivity contribution is 5.93. The molecule has 0 saturated heterocycles. The van der Waals surface area contributed by atoms with Gasteiger partial charge in [-0.3, -0.25) is 0 Å². The number of fused-ring (bicyclic) bond motifs is 10. The first kappa shape index (κ1) is 44.6. The van der Waals surface area contributed by atoms with Gasteiger partial charge in [-0.2, -0.15) is 0 Å². The average Bonchev–Trinajstić information content (AvgIpc) is 3.80. The van der Waals surface area contributed by atoms with Crippen LogP contribution < -0.4 is 0 Å². The van der Waals surface area contributed by atoms with Gasteiger partial charge in [0.1, 0.15) is 0 Å². The van der Waals surface area contributed by atoms with E-state index in [4.69, 9.17) is 9.47 Å². The van der Waals surface area contributed by atoms with Crippen LogP contribution in [-0.2, 0) is 9.47 Å². The Bertz CT molecular complexity index is 1810. The Labute approximate surface area is 368 Å². The number of carbonyl (C=O) groups excluding carboxylic acids is 2. The van der Waals surface area contributed by atoms with Gasteiger partial charge in [-0.1, -0.05) is 64.8 Å². The molecule has 8 aliphatic carbocycles. The van der Waals surface area contributed by atoms with Crippen molar-refractivity contribution < 1.29 is 49.7 Å². The van der Waals surface area contributed by atoms with Gasteiger partial charge in [-0.15, -0.1) is 0 Å². The highest BCUT2D eigenvalue weighted by Gasteiger charge is 2.66. The first-order valence-corrected chi connectivity index (χ1v) is 24.3. The molecule has 0 heterocycles. The van der Waals surface area contributed by atoms with Gasteiger partial charge in [0.15, 0.2) is 0 Å². The maximum absolute atomic E-state index is 13.3. The number of aliphatic hydroxyl groups is 6. The Morgan fingerprint density at radius 2 is 0.919 bits per heavy atom. The average molecular weight is 859 g/mol. The first-order chi connectivity index (χ1) is 29.3. The predicted molar refractivity (Wildman–Crippen MR) is 233 cm³/mol. The highest BCUT2D eigenvalue weighted by atomic mass is 16.5. The maximum Gasteiger partial charge on any atom is 0.338 e. The van der Waals surface area contributed by atoms with E-state index in [2.05, 4.69) is 53.7 Å². The zero-order valence-corrected chi connectivity index (χ0v) is 37.9. The first-order valence-electron chi connectivity index (χ1n) is 24.3. The molecule has 0 aliphatic heterocycles. The number of allylic oxidation sites excluding steroid dienone is 2. The van der Waals surface area contributed by atoms with Crippen LogP contribution in [0.15, 0.2) is 47.6 Å². The Morgan fingerprint density at radius 1 is 0.548 bits per heavy atom. The fraction of sp³-hybridized carbons (Fsp3) is 0.769. The fourth-order valence-electron chi connectivity index (χ4n) is 16.7. The van der Waals surface area contributed by atoms with Gasteiger partial charge >= 0.3 is 11.9 Å². The third kappa shape index (κ3) is 6.84. The molecule has 6 fully saturated rings. The number of benzene rings is 1. The zero-order chi connectivity index (χ0) is 44.3. The van der Waals surface area contributed by atoms with E-state index in [0.29, 0.717) is 35.8 Å². The van der Waals surface area contributed by atoms with Crippen molar-refractivity contribution >= 4 is 11.9 Å². The van der Waals surface area contributed by atoms with Crippen molar-refractivity contribution in [1.29, 1.82) is 0 Å². The molecule has 6 N–H and O–H groups in total. The number of esters is 2. The quantitative estimate of drug-likeness (QED) is 0.118. The molecular weight excluding hydrogens is 785 g/mol. The zero-order valence-electron chi connectivity index (χ0n) is 37.9. The molecule has 8 aliphatic rings. The van der Waals surface area contributed by atoms with Crippen molar-refractivity contribution in [3.05, 3.63) is 58.7 Å². The molecule has 10 heteroatoms. The molecular formula is C52H74O10. The summed E-state index contributed by atoms with van der Waals surface area (Å²) in [6.45, 7) is 13.8. The maximum atomic E-state index is 13.3. The van der Waals surface area contributed by atoms with E-state index in [0.717, 1.165) is 64.2 Å². The van der Waals surface area contributed by atoms with E-state index in [9.17, 15) is 40.2 Å².